The monoisotopic (exact) mass is 363 g/mol. The SMILES string of the molecule is CCNC(=NCCN1CCN(C(C)=O)CC1)N1CCC2(CCCCC2)C1. The average molecular weight is 364 g/mol. The lowest BCUT2D eigenvalue weighted by Crippen LogP contribution is -2.48. The van der Waals surface area contributed by atoms with E-state index in [0.29, 0.717) is 5.41 Å². The minimum Gasteiger partial charge on any atom is -0.357 e. The molecule has 0 aromatic rings. The van der Waals surface area contributed by atoms with Gasteiger partial charge < -0.3 is 15.1 Å². The van der Waals surface area contributed by atoms with E-state index in [1.807, 2.05) is 4.90 Å². The van der Waals surface area contributed by atoms with Gasteiger partial charge in [0.2, 0.25) is 5.91 Å². The van der Waals surface area contributed by atoms with Crippen molar-refractivity contribution < 1.29 is 4.79 Å². The normalized spacial score (nSPS) is 24.3. The lowest BCUT2D eigenvalue weighted by molar-refractivity contribution is -0.130. The molecule has 3 rings (SSSR count). The van der Waals surface area contributed by atoms with Crippen molar-refractivity contribution in [1.82, 2.24) is 20.0 Å². The number of likely N-dealkylation sites (tertiary alicyclic amines) is 1. The molecule has 3 fully saturated rings. The number of rotatable bonds is 4. The first-order valence-corrected chi connectivity index (χ1v) is 10.6. The van der Waals surface area contributed by atoms with Crippen molar-refractivity contribution in [2.24, 2.45) is 10.4 Å². The molecule has 1 amide bonds. The summed E-state index contributed by atoms with van der Waals surface area (Å²) < 4.78 is 0. The number of piperazine rings is 1. The highest BCUT2D eigenvalue weighted by atomic mass is 16.2. The summed E-state index contributed by atoms with van der Waals surface area (Å²) in [5.74, 6) is 1.31. The van der Waals surface area contributed by atoms with E-state index in [4.69, 9.17) is 4.99 Å². The molecule has 1 spiro atoms. The number of nitrogens with one attached hydrogen (secondary N) is 1. The summed E-state index contributed by atoms with van der Waals surface area (Å²) in [6.07, 6.45) is 8.39. The maximum atomic E-state index is 11.4. The van der Waals surface area contributed by atoms with Crippen LogP contribution in [0.4, 0.5) is 0 Å². The first kappa shape index (κ1) is 19.5. The fraction of sp³-hybridized carbons (Fsp3) is 0.900. The number of amides is 1. The Kier molecular flexibility index (Phi) is 6.79. The fourth-order valence-electron chi connectivity index (χ4n) is 4.84. The quantitative estimate of drug-likeness (QED) is 0.611. The molecule has 0 aromatic heterocycles. The van der Waals surface area contributed by atoms with Crippen molar-refractivity contribution in [1.29, 1.82) is 0 Å². The van der Waals surface area contributed by atoms with Crippen molar-refractivity contribution in [3.05, 3.63) is 0 Å². The molecule has 3 aliphatic rings. The standard InChI is InChI=1S/C20H37N5O/c1-3-21-19(25-11-9-20(17-25)7-5-4-6-8-20)22-10-12-23-13-15-24(16-14-23)18(2)26/h3-17H2,1-2H3,(H,21,22). The van der Waals surface area contributed by atoms with Gasteiger partial charge in [-0.25, -0.2) is 0 Å². The Morgan fingerprint density at radius 3 is 2.38 bits per heavy atom. The molecule has 1 saturated carbocycles. The molecule has 1 N–H and O–H groups in total. The minimum atomic E-state index is 0.197. The Hall–Kier alpha value is -1.30. The lowest BCUT2D eigenvalue weighted by atomic mass is 9.73. The second-order valence-corrected chi connectivity index (χ2v) is 8.32. The predicted molar refractivity (Wildman–Crippen MR) is 106 cm³/mol. The van der Waals surface area contributed by atoms with Crippen molar-refractivity contribution in [2.45, 2.75) is 52.4 Å². The number of hydrogen-bond acceptors (Lipinski definition) is 3. The van der Waals surface area contributed by atoms with Crippen LogP contribution in [0.2, 0.25) is 0 Å². The summed E-state index contributed by atoms with van der Waals surface area (Å²) in [7, 11) is 0. The largest absolute Gasteiger partial charge is 0.357 e. The molecule has 1 aliphatic carbocycles. The van der Waals surface area contributed by atoms with E-state index in [2.05, 4.69) is 22.0 Å². The maximum absolute atomic E-state index is 11.4. The van der Waals surface area contributed by atoms with Gasteiger partial charge in [-0.05, 0) is 31.6 Å². The van der Waals surface area contributed by atoms with E-state index < -0.39 is 0 Å². The van der Waals surface area contributed by atoms with Crippen LogP contribution in [0, 0.1) is 5.41 Å². The lowest BCUT2D eigenvalue weighted by Gasteiger charge is -2.34. The van der Waals surface area contributed by atoms with Crippen LogP contribution in [-0.2, 0) is 4.79 Å². The van der Waals surface area contributed by atoms with Gasteiger partial charge in [0, 0.05) is 59.3 Å². The topological polar surface area (TPSA) is 51.2 Å². The average Bonchev–Trinajstić information content (AvgIpc) is 3.05. The molecule has 2 saturated heterocycles. The molecule has 6 nitrogen and oxygen atoms in total. The molecule has 0 aromatic carbocycles. The molecule has 2 heterocycles. The third-order valence-corrected chi connectivity index (χ3v) is 6.48. The van der Waals surface area contributed by atoms with Crippen LogP contribution < -0.4 is 5.32 Å². The van der Waals surface area contributed by atoms with E-state index in [9.17, 15) is 4.79 Å². The summed E-state index contributed by atoms with van der Waals surface area (Å²) in [4.78, 5) is 23.2. The van der Waals surface area contributed by atoms with Gasteiger partial charge in [0.25, 0.3) is 0 Å². The van der Waals surface area contributed by atoms with Gasteiger partial charge in [-0.2, -0.15) is 0 Å². The number of aliphatic imine (C=N–C) groups is 1. The second kappa shape index (κ2) is 9.07. The Morgan fingerprint density at radius 2 is 1.73 bits per heavy atom. The number of guanidine groups is 1. The van der Waals surface area contributed by atoms with Crippen molar-refractivity contribution in [3.63, 3.8) is 0 Å². The van der Waals surface area contributed by atoms with Crippen molar-refractivity contribution in [2.75, 3.05) is 58.9 Å². The molecule has 26 heavy (non-hydrogen) atoms. The third kappa shape index (κ3) is 4.90. The summed E-state index contributed by atoms with van der Waals surface area (Å²) in [5, 5.41) is 3.51. The van der Waals surface area contributed by atoms with Crippen LogP contribution in [0.3, 0.4) is 0 Å². The van der Waals surface area contributed by atoms with Crippen LogP contribution in [0.25, 0.3) is 0 Å². The maximum Gasteiger partial charge on any atom is 0.219 e. The smallest absolute Gasteiger partial charge is 0.219 e. The molecular weight excluding hydrogens is 326 g/mol. The van der Waals surface area contributed by atoms with E-state index in [-0.39, 0.29) is 5.91 Å². The van der Waals surface area contributed by atoms with Gasteiger partial charge >= 0.3 is 0 Å². The van der Waals surface area contributed by atoms with Crippen LogP contribution in [-0.4, -0.2) is 85.5 Å². The zero-order valence-electron chi connectivity index (χ0n) is 16.8. The summed E-state index contributed by atoms with van der Waals surface area (Å²) in [5.41, 5.74) is 0.567. The van der Waals surface area contributed by atoms with Gasteiger partial charge in [-0.1, -0.05) is 19.3 Å². The molecule has 6 heteroatoms. The third-order valence-electron chi connectivity index (χ3n) is 6.48. The van der Waals surface area contributed by atoms with Gasteiger partial charge in [-0.3, -0.25) is 14.7 Å². The first-order valence-electron chi connectivity index (χ1n) is 10.6. The summed E-state index contributed by atoms with van der Waals surface area (Å²) >= 11 is 0. The highest BCUT2D eigenvalue weighted by Gasteiger charge is 2.39. The molecule has 0 bridgehead atoms. The zero-order chi connectivity index (χ0) is 18.4. The Balaban J connectivity index is 1.48. The van der Waals surface area contributed by atoms with E-state index in [0.717, 1.165) is 58.3 Å². The molecule has 0 atom stereocenters. The van der Waals surface area contributed by atoms with E-state index in [1.54, 1.807) is 6.92 Å². The fourth-order valence-corrected chi connectivity index (χ4v) is 4.84. The molecule has 2 aliphatic heterocycles. The molecular formula is C20H37N5O. The van der Waals surface area contributed by atoms with Gasteiger partial charge in [-0.15, -0.1) is 0 Å². The van der Waals surface area contributed by atoms with Crippen LogP contribution in [0.1, 0.15) is 52.4 Å². The van der Waals surface area contributed by atoms with Crippen LogP contribution in [0.15, 0.2) is 4.99 Å². The highest BCUT2D eigenvalue weighted by molar-refractivity contribution is 5.80. The van der Waals surface area contributed by atoms with Crippen LogP contribution >= 0.6 is 0 Å². The van der Waals surface area contributed by atoms with Gasteiger partial charge in [0.1, 0.15) is 0 Å². The zero-order valence-corrected chi connectivity index (χ0v) is 16.8. The summed E-state index contributed by atoms with van der Waals surface area (Å²) in [6, 6.07) is 0. The van der Waals surface area contributed by atoms with Crippen molar-refractivity contribution in [3.8, 4) is 0 Å². The Morgan fingerprint density at radius 1 is 1.00 bits per heavy atom. The van der Waals surface area contributed by atoms with Crippen LogP contribution in [0.5, 0.6) is 0 Å². The number of carbonyl (C=O) groups excluding carboxylic acids is 1. The Labute approximate surface area is 159 Å². The number of nitrogens with zero attached hydrogens (tertiary/aromatic N) is 4. The molecule has 0 radical (unpaired) electrons. The van der Waals surface area contributed by atoms with Gasteiger partial charge in [0.15, 0.2) is 5.96 Å². The molecule has 148 valence electrons. The number of hydrogen-bond donors (Lipinski definition) is 1. The summed E-state index contributed by atoms with van der Waals surface area (Å²) in [6.45, 7) is 12.6. The minimum absolute atomic E-state index is 0.197. The predicted octanol–water partition coefficient (Wildman–Crippen LogP) is 1.77. The number of carbonyl (C=O) groups is 1. The molecule has 0 unspecified atom stereocenters. The Bertz CT molecular complexity index is 492. The highest BCUT2D eigenvalue weighted by Crippen LogP contribution is 2.43. The second-order valence-electron chi connectivity index (χ2n) is 8.32. The van der Waals surface area contributed by atoms with E-state index in [1.165, 1.54) is 45.1 Å². The first-order chi connectivity index (χ1) is 12.6. The van der Waals surface area contributed by atoms with Crippen molar-refractivity contribution >= 4 is 11.9 Å². The van der Waals surface area contributed by atoms with E-state index >= 15 is 0 Å². The van der Waals surface area contributed by atoms with Gasteiger partial charge in [0.05, 0.1) is 6.54 Å².